The van der Waals surface area contributed by atoms with Crippen molar-refractivity contribution in [3.05, 3.63) is 0 Å². The quantitative estimate of drug-likeness (QED) is 0.416. The zero-order valence-corrected chi connectivity index (χ0v) is 9.62. The second kappa shape index (κ2) is 5.84. The summed E-state index contributed by atoms with van der Waals surface area (Å²) < 4.78 is 5.00. The molecule has 5 nitrogen and oxygen atoms in total. The molecule has 0 aromatic heterocycles. The molecular weight excluding hydrogens is 210 g/mol. The van der Waals surface area contributed by atoms with Crippen LogP contribution in [0.3, 0.4) is 0 Å². The van der Waals surface area contributed by atoms with Gasteiger partial charge in [-0.2, -0.15) is 0 Å². The van der Waals surface area contributed by atoms with Crippen molar-refractivity contribution in [3.8, 4) is 0 Å². The molecule has 0 aliphatic carbocycles. The van der Waals surface area contributed by atoms with Crippen molar-refractivity contribution in [2.45, 2.75) is 44.6 Å². The predicted octanol–water partition coefficient (Wildman–Crippen LogP) is 0.927. The number of hydrogen-bond donors (Lipinski definition) is 2. The number of carboxylic acids is 1. The summed E-state index contributed by atoms with van der Waals surface area (Å²) in [5.41, 5.74) is -1.51. The highest BCUT2D eigenvalue weighted by Gasteiger charge is 2.48. The molecule has 2 N–H and O–H groups in total. The Morgan fingerprint density at radius 1 is 1.44 bits per heavy atom. The van der Waals surface area contributed by atoms with Crippen molar-refractivity contribution in [2.75, 3.05) is 13.2 Å². The second-order valence-electron chi connectivity index (χ2n) is 4.08. The molecule has 1 aliphatic rings. The Kier molecular flexibility index (Phi) is 4.73. The van der Waals surface area contributed by atoms with Gasteiger partial charge in [-0.25, -0.2) is 9.59 Å². The molecule has 1 rings (SSSR count). The molecule has 1 atom stereocenters. The molecule has 1 unspecified atom stereocenters. The number of carboxylic acid groups (broad SMARTS) is 1. The van der Waals surface area contributed by atoms with E-state index in [0.29, 0.717) is 19.6 Å². The lowest BCUT2D eigenvalue weighted by atomic mass is 9.89. The summed E-state index contributed by atoms with van der Waals surface area (Å²) in [6, 6.07) is 0. The average Bonchev–Trinajstić information content (AvgIpc) is 2.30. The predicted molar refractivity (Wildman–Crippen MR) is 58.1 cm³/mol. The fourth-order valence-electron chi connectivity index (χ4n) is 1.78. The summed E-state index contributed by atoms with van der Waals surface area (Å²) in [7, 11) is 0. The summed E-state index contributed by atoms with van der Waals surface area (Å²) in [6.45, 7) is 2.83. The number of hydrogen-bond acceptors (Lipinski definition) is 4. The van der Waals surface area contributed by atoms with Gasteiger partial charge in [0.1, 0.15) is 0 Å². The summed E-state index contributed by atoms with van der Waals surface area (Å²) in [5, 5.41) is 11.9. The highest BCUT2D eigenvalue weighted by atomic mass is 16.5. The third-order valence-corrected chi connectivity index (χ3v) is 2.85. The molecule has 16 heavy (non-hydrogen) atoms. The maximum atomic E-state index is 11.8. The van der Waals surface area contributed by atoms with Gasteiger partial charge in [0.2, 0.25) is 5.54 Å². The Balaban J connectivity index is 2.61. The monoisotopic (exact) mass is 229 g/mol. The summed E-state index contributed by atoms with van der Waals surface area (Å²) >= 11 is 0. The van der Waals surface area contributed by atoms with Crippen LogP contribution in [-0.2, 0) is 14.3 Å². The lowest BCUT2D eigenvalue weighted by Crippen LogP contribution is -2.61. The summed E-state index contributed by atoms with van der Waals surface area (Å²) in [4.78, 5) is 23.0. The van der Waals surface area contributed by atoms with Gasteiger partial charge in [-0.1, -0.05) is 13.3 Å². The largest absolute Gasteiger partial charge is 0.479 e. The SMILES string of the molecule is CCCCOC(=O)C1(C(=O)O)CCCCN1. The van der Waals surface area contributed by atoms with Crippen LogP contribution < -0.4 is 5.32 Å². The van der Waals surface area contributed by atoms with Crippen molar-refractivity contribution in [3.63, 3.8) is 0 Å². The van der Waals surface area contributed by atoms with Crippen molar-refractivity contribution in [1.82, 2.24) is 5.32 Å². The zero-order chi connectivity index (χ0) is 12.0. The Labute approximate surface area is 95.2 Å². The number of aliphatic carboxylic acids is 1. The Morgan fingerprint density at radius 2 is 2.19 bits per heavy atom. The fraction of sp³-hybridized carbons (Fsp3) is 0.818. The summed E-state index contributed by atoms with van der Waals surface area (Å²) in [6.07, 6.45) is 3.63. The van der Waals surface area contributed by atoms with E-state index in [9.17, 15) is 9.59 Å². The topological polar surface area (TPSA) is 75.6 Å². The van der Waals surface area contributed by atoms with E-state index in [1.165, 1.54) is 0 Å². The Morgan fingerprint density at radius 3 is 2.69 bits per heavy atom. The smallest absolute Gasteiger partial charge is 0.338 e. The number of carbonyl (C=O) groups is 2. The highest BCUT2D eigenvalue weighted by molar-refractivity contribution is 6.04. The number of esters is 1. The van der Waals surface area contributed by atoms with E-state index in [4.69, 9.17) is 9.84 Å². The van der Waals surface area contributed by atoms with Gasteiger partial charge >= 0.3 is 11.9 Å². The minimum absolute atomic E-state index is 0.298. The van der Waals surface area contributed by atoms with Crippen molar-refractivity contribution in [2.24, 2.45) is 0 Å². The standard InChI is InChI=1S/C11H19NO4/c1-2-3-8-16-10(15)11(9(13)14)6-4-5-7-12-11/h12H,2-8H2,1H3,(H,13,14). The van der Waals surface area contributed by atoms with Crippen LogP contribution in [0, 0.1) is 0 Å². The van der Waals surface area contributed by atoms with Gasteiger partial charge in [0.05, 0.1) is 6.61 Å². The molecule has 1 aliphatic heterocycles. The van der Waals surface area contributed by atoms with Crippen molar-refractivity contribution >= 4 is 11.9 Å². The molecule has 0 saturated carbocycles. The van der Waals surface area contributed by atoms with Gasteiger partial charge in [0.15, 0.2) is 0 Å². The second-order valence-corrected chi connectivity index (χ2v) is 4.08. The average molecular weight is 229 g/mol. The first-order valence-electron chi connectivity index (χ1n) is 5.79. The van der Waals surface area contributed by atoms with Crippen LogP contribution in [0.15, 0.2) is 0 Å². The van der Waals surface area contributed by atoms with E-state index < -0.39 is 17.5 Å². The van der Waals surface area contributed by atoms with Crippen LogP contribution in [0.1, 0.15) is 39.0 Å². The Hall–Kier alpha value is -1.10. The van der Waals surface area contributed by atoms with E-state index in [-0.39, 0.29) is 0 Å². The minimum Gasteiger partial charge on any atom is -0.479 e. The first kappa shape index (κ1) is 13.0. The Bertz CT molecular complexity index is 259. The van der Waals surface area contributed by atoms with Gasteiger partial charge in [-0.3, -0.25) is 5.32 Å². The van der Waals surface area contributed by atoms with Gasteiger partial charge in [-0.05, 0) is 32.2 Å². The zero-order valence-electron chi connectivity index (χ0n) is 9.62. The van der Waals surface area contributed by atoms with Crippen LogP contribution in [0.4, 0.5) is 0 Å². The summed E-state index contributed by atoms with van der Waals surface area (Å²) in [5.74, 6) is -1.78. The first-order valence-corrected chi connectivity index (χ1v) is 5.79. The van der Waals surface area contributed by atoms with E-state index >= 15 is 0 Å². The number of piperidine rings is 1. The maximum Gasteiger partial charge on any atom is 0.338 e. The molecule has 1 heterocycles. The molecule has 0 bridgehead atoms. The number of unbranched alkanes of at least 4 members (excludes halogenated alkanes) is 1. The third-order valence-electron chi connectivity index (χ3n) is 2.85. The molecule has 92 valence electrons. The molecule has 0 aromatic carbocycles. The van der Waals surface area contributed by atoms with Crippen molar-refractivity contribution < 1.29 is 19.4 Å². The lowest BCUT2D eigenvalue weighted by molar-refractivity contribution is -0.164. The van der Waals surface area contributed by atoms with Crippen LogP contribution in [-0.4, -0.2) is 35.7 Å². The number of rotatable bonds is 5. The van der Waals surface area contributed by atoms with E-state index in [1.54, 1.807) is 0 Å². The molecule has 0 spiro atoms. The van der Waals surface area contributed by atoms with E-state index in [1.807, 2.05) is 6.92 Å². The van der Waals surface area contributed by atoms with Gasteiger partial charge in [0.25, 0.3) is 0 Å². The van der Waals surface area contributed by atoms with Crippen LogP contribution >= 0.6 is 0 Å². The maximum absolute atomic E-state index is 11.8. The molecule has 0 radical (unpaired) electrons. The fourth-order valence-corrected chi connectivity index (χ4v) is 1.78. The third kappa shape index (κ3) is 2.72. The van der Waals surface area contributed by atoms with Gasteiger partial charge in [-0.15, -0.1) is 0 Å². The molecule has 0 aromatic rings. The first-order chi connectivity index (χ1) is 7.63. The normalized spacial score (nSPS) is 25.1. The van der Waals surface area contributed by atoms with Crippen LogP contribution in [0.5, 0.6) is 0 Å². The van der Waals surface area contributed by atoms with Crippen LogP contribution in [0.25, 0.3) is 0 Å². The highest BCUT2D eigenvalue weighted by Crippen LogP contribution is 2.21. The van der Waals surface area contributed by atoms with E-state index in [2.05, 4.69) is 5.32 Å². The molecule has 5 heteroatoms. The molecule has 1 saturated heterocycles. The van der Waals surface area contributed by atoms with Gasteiger partial charge < -0.3 is 9.84 Å². The lowest BCUT2D eigenvalue weighted by Gasteiger charge is -2.31. The van der Waals surface area contributed by atoms with Gasteiger partial charge in [0, 0.05) is 0 Å². The molecular formula is C11H19NO4. The van der Waals surface area contributed by atoms with E-state index in [0.717, 1.165) is 25.7 Å². The number of carbonyl (C=O) groups excluding carboxylic acids is 1. The molecule has 0 amide bonds. The number of nitrogens with one attached hydrogen (secondary N) is 1. The molecule has 1 fully saturated rings. The minimum atomic E-state index is -1.51. The van der Waals surface area contributed by atoms with Crippen LogP contribution in [0.2, 0.25) is 0 Å². The van der Waals surface area contributed by atoms with Crippen molar-refractivity contribution in [1.29, 1.82) is 0 Å². The number of ether oxygens (including phenoxy) is 1.